The summed E-state index contributed by atoms with van der Waals surface area (Å²) in [5.74, 6) is -0.0451. The Balaban J connectivity index is 1.80. The molecule has 1 fully saturated rings. The fraction of sp³-hybridized carbons (Fsp3) is 0.333. The molecule has 0 aliphatic carbocycles. The van der Waals surface area contributed by atoms with Crippen LogP contribution in [0.15, 0.2) is 23.6 Å². The summed E-state index contributed by atoms with van der Waals surface area (Å²) in [6.45, 7) is 1.79. The number of aromatic nitrogens is 1. The highest BCUT2D eigenvalue weighted by Crippen LogP contribution is 2.30. The zero-order chi connectivity index (χ0) is 15.7. The summed E-state index contributed by atoms with van der Waals surface area (Å²) >= 11 is 13.4. The van der Waals surface area contributed by atoms with Crippen LogP contribution in [-0.4, -0.2) is 42.0 Å². The Hall–Kier alpha value is -1.14. The predicted octanol–water partition coefficient (Wildman–Crippen LogP) is 3.55. The number of hydrogen-bond acceptors (Lipinski definition) is 4. The zero-order valence-corrected chi connectivity index (χ0v) is 14.3. The summed E-state index contributed by atoms with van der Waals surface area (Å²) in [7, 11) is 1.83. The quantitative estimate of drug-likeness (QED) is 0.915. The normalized spacial score (nSPS) is 17.7. The Morgan fingerprint density at radius 3 is 2.91 bits per heavy atom. The van der Waals surface area contributed by atoms with E-state index in [0.29, 0.717) is 15.7 Å². The molecule has 1 atom stereocenters. The Labute approximate surface area is 143 Å². The highest BCUT2D eigenvalue weighted by atomic mass is 35.5. The Morgan fingerprint density at radius 2 is 2.23 bits per heavy atom. The first-order valence-corrected chi connectivity index (χ1v) is 8.58. The second-order valence-corrected chi connectivity index (χ2v) is 6.90. The van der Waals surface area contributed by atoms with Gasteiger partial charge in [0.1, 0.15) is 10.7 Å². The third kappa shape index (κ3) is 3.13. The van der Waals surface area contributed by atoms with Crippen molar-refractivity contribution in [2.75, 3.05) is 20.1 Å². The van der Waals surface area contributed by atoms with E-state index in [-0.39, 0.29) is 11.9 Å². The molecule has 0 bridgehead atoms. The molecule has 4 nitrogen and oxygen atoms in total. The van der Waals surface area contributed by atoms with E-state index in [1.807, 2.05) is 13.1 Å². The van der Waals surface area contributed by atoms with Gasteiger partial charge >= 0.3 is 0 Å². The molecule has 1 aliphatic rings. The molecule has 2 aromatic rings. The van der Waals surface area contributed by atoms with E-state index in [1.54, 1.807) is 22.4 Å². The van der Waals surface area contributed by atoms with Crippen molar-refractivity contribution in [3.63, 3.8) is 0 Å². The number of likely N-dealkylation sites (N-methyl/N-ethyl adjacent to an activating group) is 1. The number of nitrogens with one attached hydrogen (secondary N) is 1. The lowest BCUT2D eigenvalue weighted by Crippen LogP contribution is -2.38. The van der Waals surface area contributed by atoms with Crippen molar-refractivity contribution < 1.29 is 4.79 Å². The van der Waals surface area contributed by atoms with Crippen LogP contribution in [0.1, 0.15) is 16.9 Å². The second kappa shape index (κ2) is 6.54. The maximum Gasteiger partial charge on any atom is 0.273 e. The SMILES string of the molecule is CN(C(=O)c1csc(-c2ccc(Cl)c(Cl)c2)n1)C1CCNC1. The van der Waals surface area contributed by atoms with Crippen LogP contribution < -0.4 is 5.32 Å². The third-order valence-electron chi connectivity index (χ3n) is 3.79. The highest BCUT2D eigenvalue weighted by molar-refractivity contribution is 7.13. The van der Waals surface area contributed by atoms with Crippen LogP contribution in [0.25, 0.3) is 10.6 Å². The molecule has 1 saturated heterocycles. The van der Waals surface area contributed by atoms with E-state index in [0.717, 1.165) is 30.1 Å². The van der Waals surface area contributed by atoms with Crippen LogP contribution in [0.5, 0.6) is 0 Å². The van der Waals surface area contributed by atoms with Gasteiger partial charge in [-0.3, -0.25) is 4.79 Å². The van der Waals surface area contributed by atoms with Crippen molar-refractivity contribution in [2.24, 2.45) is 0 Å². The van der Waals surface area contributed by atoms with E-state index in [2.05, 4.69) is 10.3 Å². The van der Waals surface area contributed by atoms with Crippen molar-refractivity contribution >= 4 is 40.4 Å². The minimum Gasteiger partial charge on any atom is -0.336 e. The molecule has 2 heterocycles. The summed E-state index contributed by atoms with van der Waals surface area (Å²) in [6.07, 6.45) is 0.978. The van der Waals surface area contributed by atoms with Gasteiger partial charge in [-0.25, -0.2) is 4.98 Å². The number of carbonyl (C=O) groups is 1. The first-order chi connectivity index (χ1) is 10.6. The molecule has 1 aliphatic heterocycles. The predicted molar refractivity (Wildman–Crippen MR) is 90.9 cm³/mol. The highest BCUT2D eigenvalue weighted by Gasteiger charge is 2.25. The average molecular weight is 356 g/mol. The lowest BCUT2D eigenvalue weighted by atomic mass is 10.2. The monoisotopic (exact) mass is 355 g/mol. The summed E-state index contributed by atoms with van der Waals surface area (Å²) in [5, 5.41) is 6.81. The maximum absolute atomic E-state index is 12.5. The van der Waals surface area contributed by atoms with Crippen molar-refractivity contribution in [1.29, 1.82) is 0 Å². The Bertz CT molecular complexity index is 698. The molecular formula is C15H15Cl2N3OS. The number of amides is 1. The van der Waals surface area contributed by atoms with Crippen LogP contribution in [0.4, 0.5) is 0 Å². The number of rotatable bonds is 3. The molecule has 1 N–H and O–H groups in total. The molecule has 1 unspecified atom stereocenters. The van der Waals surface area contributed by atoms with Gasteiger partial charge in [-0.1, -0.05) is 29.3 Å². The minimum absolute atomic E-state index is 0.0451. The van der Waals surface area contributed by atoms with Gasteiger partial charge in [-0.05, 0) is 25.1 Å². The van der Waals surface area contributed by atoms with Crippen molar-refractivity contribution in [3.8, 4) is 10.6 Å². The van der Waals surface area contributed by atoms with E-state index >= 15 is 0 Å². The minimum atomic E-state index is -0.0451. The lowest BCUT2D eigenvalue weighted by molar-refractivity contribution is 0.0739. The summed E-state index contributed by atoms with van der Waals surface area (Å²) in [6, 6.07) is 5.59. The molecule has 3 rings (SSSR count). The molecule has 1 amide bonds. The largest absolute Gasteiger partial charge is 0.336 e. The van der Waals surface area contributed by atoms with Gasteiger partial charge in [0.2, 0.25) is 0 Å². The first kappa shape index (κ1) is 15.7. The molecule has 1 aromatic heterocycles. The molecule has 1 aromatic carbocycles. The number of benzene rings is 1. The molecule has 0 spiro atoms. The molecule has 22 heavy (non-hydrogen) atoms. The summed E-state index contributed by atoms with van der Waals surface area (Å²) in [5.41, 5.74) is 1.34. The summed E-state index contributed by atoms with van der Waals surface area (Å²) in [4.78, 5) is 18.7. The van der Waals surface area contributed by atoms with E-state index in [9.17, 15) is 4.79 Å². The molecule has 0 radical (unpaired) electrons. The molecule has 0 saturated carbocycles. The smallest absolute Gasteiger partial charge is 0.273 e. The Morgan fingerprint density at radius 1 is 1.41 bits per heavy atom. The van der Waals surface area contributed by atoms with Gasteiger partial charge in [0, 0.05) is 30.6 Å². The van der Waals surface area contributed by atoms with Gasteiger partial charge in [0.15, 0.2) is 0 Å². The number of thiazole rings is 1. The molecule has 7 heteroatoms. The number of halogens is 2. The van der Waals surface area contributed by atoms with Crippen LogP contribution in [-0.2, 0) is 0 Å². The van der Waals surface area contributed by atoms with Crippen LogP contribution in [0.2, 0.25) is 10.0 Å². The van der Waals surface area contributed by atoms with Gasteiger partial charge < -0.3 is 10.2 Å². The van der Waals surface area contributed by atoms with Gasteiger partial charge in [0.05, 0.1) is 10.0 Å². The van der Waals surface area contributed by atoms with Gasteiger partial charge in [-0.2, -0.15) is 0 Å². The molecular weight excluding hydrogens is 341 g/mol. The van der Waals surface area contributed by atoms with E-state index in [1.165, 1.54) is 11.3 Å². The fourth-order valence-corrected chi connectivity index (χ4v) is 3.54. The topological polar surface area (TPSA) is 45.2 Å². The lowest BCUT2D eigenvalue weighted by Gasteiger charge is -2.22. The van der Waals surface area contributed by atoms with Crippen LogP contribution in [0.3, 0.4) is 0 Å². The van der Waals surface area contributed by atoms with Gasteiger partial charge in [0.25, 0.3) is 5.91 Å². The van der Waals surface area contributed by atoms with Crippen LogP contribution in [0, 0.1) is 0 Å². The van der Waals surface area contributed by atoms with Crippen molar-refractivity contribution in [2.45, 2.75) is 12.5 Å². The van der Waals surface area contributed by atoms with Crippen molar-refractivity contribution in [3.05, 3.63) is 39.3 Å². The number of hydrogen-bond donors (Lipinski definition) is 1. The molecule has 116 valence electrons. The number of carbonyl (C=O) groups excluding carboxylic acids is 1. The summed E-state index contributed by atoms with van der Waals surface area (Å²) < 4.78 is 0. The van der Waals surface area contributed by atoms with E-state index < -0.39 is 0 Å². The third-order valence-corrected chi connectivity index (χ3v) is 5.42. The fourth-order valence-electron chi connectivity index (χ4n) is 2.45. The average Bonchev–Trinajstić information content (AvgIpc) is 3.19. The maximum atomic E-state index is 12.5. The second-order valence-electron chi connectivity index (χ2n) is 5.23. The van der Waals surface area contributed by atoms with E-state index in [4.69, 9.17) is 23.2 Å². The van der Waals surface area contributed by atoms with Gasteiger partial charge in [-0.15, -0.1) is 11.3 Å². The standard InChI is InChI=1S/C15H15Cl2N3OS/c1-20(10-4-5-18-7-10)15(21)13-8-22-14(19-13)9-2-3-11(16)12(17)6-9/h2-3,6,8,10,18H,4-5,7H2,1H3. The first-order valence-electron chi connectivity index (χ1n) is 6.95. The van der Waals surface area contributed by atoms with Crippen LogP contribution >= 0.6 is 34.5 Å². The Kier molecular flexibility index (Phi) is 4.68. The van der Waals surface area contributed by atoms with Crippen molar-refractivity contribution in [1.82, 2.24) is 15.2 Å². The number of nitrogens with zero attached hydrogens (tertiary/aromatic N) is 2. The zero-order valence-electron chi connectivity index (χ0n) is 12.0.